The lowest BCUT2D eigenvalue weighted by molar-refractivity contribution is -0.120. The Labute approximate surface area is 170 Å². The number of rotatable bonds is 5. The van der Waals surface area contributed by atoms with Crippen molar-refractivity contribution >= 4 is 15.9 Å². The largest absolute Gasteiger partial charge is 0.354 e. The van der Waals surface area contributed by atoms with Gasteiger partial charge >= 0.3 is 0 Å². The standard InChI is InChI=1S/C20H24N4O4S/c1-3-19(25)22-20-12-15-9-11-24(13-18(15)28-20)29(26,27)16-6-4-14(5-7-16)17-8-10-21-23(17)2/h3-8,10,15,18,20H,1,9,11-13H2,2H3,(H,22,25). The molecule has 1 N–H and O–H groups in total. The molecule has 1 aromatic carbocycles. The normalized spacial score (nSPS) is 24.8. The maximum Gasteiger partial charge on any atom is 0.245 e. The predicted molar refractivity (Wildman–Crippen MR) is 107 cm³/mol. The van der Waals surface area contributed by atoms with Crippen LogP contribution in [0.3, 0.4) is 0 Å². The molecule has 0 bridgehead atoms. The van der Waals surface area contributed by atoms with Gasteiger partial charge in [0.1, 0.15) is 6.23 Å². The fraction of sp³-hybridized carbons (Fsp3) is 0.400. The van der Waals surface area contributed by atoms with Gasteiger partial charge in [-0.05, 0) is 48.6 Å². The van der Waals surface area contributed by atoms with E-state index < -0.39 is 16.3 Å². The lowest BCUT2D eigenvalue weighted by Crippen LogP contribution is -2.45. The second-order valence-corrected chi connectivity index (χ2v) is 9.33. The zero-order valence-corrected chi connectivity index (χ0v) is 17.0. The number of nitrogens with zero attached hydrogens (tertiary/aromatic N) is 3. The van der Waals surface area contributed by atoms with Gasteiger partial charge in [-0.15, -0.1) is 0 Å². The van der Waals surface area contributed by atoms with E-state index in [1.807, 2.05) is 13.1 Å². The van der Waals surface area contributed by atoms with Gasteiger partial charge in [-0.25, -0.2) is 8.42 Å². The Hall–Kier alpha value is -2.49. The van der Waals surface area contributed by atoms with Crippen LogP contribution in [0.4, 0.5) is 0 Å². The third-order valence-corrected chi connectivity index (χ3v) is 7.49. The molecule has 2 fully saturated rings. The van der Waals surface area contributed by atoms with Crippen molar-refractivity contribution in [2.24, 2.45) is 13.0 Å². The van der Waals surface area contributed by atoms with E-state index in [-0.39, 0.29) is 29.4 Å². The molecular weight excluding hydrogens is 392 g/mol. The predicted octanol–water partition coefficient (Wildman–Crippen LogP) is 1.51. The van der Waals surface area contributed by atoms with Crippen molar-refractivity contribution in [2.75, 3.05) is 13.1 Å². The minimum Gasteiger partial charge on any atom is -0.354 e. The minimum absolute atomic E-state index is 0.220. The average molecular weight is 417 g/mol. The molecule has 9 heteroatoms. The van der Waals surface area contributed by atoms with E-state index in [0.29, 0.717) is 19.4 Å². The van der Waals surface area contributed by atoms with Crippen LogP contribution in [-0.2, 0) is 26.6 Å². The summed E-state index contributed by atoms with van der Waals surface area (Å²) in [5, 5.41) is 6.88. The highest BCUT2D eigenvalue weighted by molar-refractivity contribution is 7.89. The molecule has 0 spiro atoms. The summed E-state index contributed by atoms with van der Waals surface area (Å²) in [5.74, 6) is -0.0459. The number of aromatic nitrogens is 2. The summed E-state index contributed by atoms with van der Waals surface area (Å²) >= 11 is 0. The second kappa shape index (κ2) is 7.74. The molecule has 3 heterocycles. The lowest BCUT2D eigenvalue weighted by atomic mass is 9.94. The van der Waals surface area contributed by atoms with E-state index >= 15 is 0 Å². The highest BCUT2D eigenvalue weighted by Crippen LogP contribution is 2.34. The number of carbonyl (C=O) groups excluding carboxylic acids is 1. The number of nitrogens with one attached hydrogen (secondary N) is 1. The van der Waals surface area contributed by atoms with Crippen molar-refractivity contribution in [3.63, 3.8) is 0 Å². The SMILES string of the molecule is C=CC(=O)NC1CC2CCN(S(=O)(=O)c3ccc(-c4ccnn4C)cc3)CC2O1. The Morgan fingerprint density at radius 2 is 2.07 bits per heavy atom. The molecule has 0 saturated carbocycles. The number of hydrogen-bond donors (Lipinski definition) is 1. The van der Waals surface area contributed by atoms with Crippen LogP contribution in [0, 0.1) is 5.92 Å². The van der Waals surface area contributed by atoms with Crippen LogP contribution in [0.5, 0.6) is 0 Å². The van der Waals surface area contributed by atoms with E-state index in [0.717, 1.165) is 11.3 Å². The van der Waals surface area contributed by atoms with Gasteiger partial charge in [0.05, 0.1) is 16.7 Å². The molecule has 2 aliphatic rings. The van der Waals surface area contributed by atoms with Crippen LogP contribution in [-0.4, -0.2) is 53.8 Å². The summed E-state index contributed by atoms with van der Waals surface area (Å²) in [5.41, 5.74) is 1.82. The number of sulfonamides is 1. The molecule has 2 saturated heterocycles. The number of hydrogen-bond acceptors (Lipinski definition) is 5. The summed E-state index contributed by atoms with van der Waals surface area (Å²) < 4.78 is 35.3. The molecule has 154 valence electrons. The van der Waals surface area contributed by atoms with Crippen molar-refractivity contribution in [2.45, 2.75) is 30.1 Å². The van der Waals surface area contributed by atoms with E-state index in [2.05, 4.69) is 17.0 Å². The van der Waals surface area contributed by atoms with Gasteiger partial charge < -0.3 is 10.1 Å². The number of benzene rings is 1. The Morgan fingerprint density at radius 1 is 1.31 bits per heavy atom. The van der Waals surface area contributed by atoms with Crippen molar-refractivity contribution < 1.29 is 17.9 Å². The van der Waals surface area contributed by atoms with Crippen LogP contribution in [0.1, 0.15) is 12.8 Å². The van der Waals surface area contributed by atoms with E-state index in [9.17, 15) is 13.2 Å². The van der Waals surface area contributed by atoms with Gasteiger partial charge in [-0.3, -0.25) is 9.48 Å². The molecule has 1 aromatic heterocycles. The van der Waals surface area contributed by atoms with Gasteiger partial charge in [-0.1, -0.05) is 18.7 Å². The molecule has 8 nitrogen and oxygen atoms in total. The van der Waals surface area contributed by atoms with Crippen LogP contribution < -0.4 is 5.32 Å². The number of amides is 1. The van der Waals surface area contributed by atoms with Crippen molar-refractivity contribution in [3.05, 3.63) is 49.2 Å². The molecule has 3 unspecified atom stereocenters. The monoisotopic (exact) mass is 416 g/mol. The van der Waals surface area contributed by atoms with Crippen molar-refractivity contribution in [3.8, 4) is 11.3 Å². The quantitative estimate of drug-likeness (QED) is 0.746. The molecule has 29 heavy (non-hydrogen) atoms. The molecule has 2 aliphatic heterocycles. The molecule has 2 aromatic rings. The first-order valence-corrected chi connectivity index (χ1v) is 11.0. The number of carbonyl (C=O) groups is 1. The lowest BCUT2D eigenvalue weighted by Gasteiger charge is -2.33. The molecule has 4 rings (SSSR count). The van der Waals surface area contributed by atoms with E-state index in [1.54, 1.807) is 35.1 Å². The average Bonchev–Trinajstić information content (AvgIpc) is 3.32. The van der Waals surface area contributed by atoms with Crippen molar-refractivity contribution in [1.29, 1.82) is 0 Å². The molecule has 1 amide bonds. The summed E-state index contributed by atoms with van der Waals surface area (Å²) in [6.45, 7) is 4.17. The zero-order valence-electron chi connectivity index (χ0n) is 16.2. The minimum atomic E-state index is -3.61. The van der Waals surface area contributed by atoms with E-state index in [1.165, 1.54) is 10.4 Å². The first-order valence-electron chi connectivity index (χ1n) is 9.55. The first kappa shape index (κ1) is 19.8. The Balaban J connectivity index is 1.46. The van der Waals surface area contributed by atoms with Gasteiger partial charge in [-0.2, -0.15) is 9.40 Å². The zero-order chi connectivity index (χ0) is 20.6. The molecule has 0 aliphatic carbocycles. The Bertz CT molecular complexity index is 1020. The van der Waals surface area contributed by atoms with E-state index in [4.69, 9.17) is 4.74 Å². The van der Waals surface area contributed by atoms with Crippen molar-refractivity contribution in [1.82, 2.24) is 19.4 Å². The Morgan fingerprint density at radius 3 is 2.72 bits per heavy atom. The highest BCUT2D eigenvalue weighted by atomic mass is 32.2. The first-order chi connectivity index (χ1) is 13.9. The highest BCUT2D eigenvalue weighted by Gasteiger charge is 2.42. The van der Waals surface area contributed by atoms with Crippen LogP contribution >= 0.6 is 0 Å². The molecule has 0 radical (unpaired) electrons. The van der Waals surface area contributed by atoms with Gasteiger partial charge in [0.15, 0.2) is 0 Å². The third kappa shape index (κ3) is 3.85. The maximum absolute atomic E-state index is 13.1. The summed E-state index contributed by atoms with van der Waals surface area (Å²) in [4.78, 5) is 11.8. The topological polar surface area (TPSA) is 93.5 Å². The van der Waals surface area contributed by atoms with Gasteiger partial charge in [0, 0.05) is 26.3 Å². The number of fused-ring (bicyclic) bond motifs is 1. The van der Waals surface area contributed by atoms with Crippen LogP contribution in [0.25, 0.3) is 11.3 Å². The fourth-order valence-electron chi connectivity index (χ4n) is 4.03. The molecule has 3 atom stereocenters. The van der Waals surface area contributed by atoms with Gasteiger partial charge in [0.2, 0.25) is 15.9 Å². The fourth-order valence-corrected chi connectivity index (χ4v) is 5.50. The molecular formula is C20H24N4O4S. The Kier molecular flexibility index (Phi) is 5.28. The van der Waals surface area contributed by atoms with Crippen LogP contribution in [0.15, 0.2) is 54.1 Å². The number of aryl methyl sites for hydroxylation is 1. The third-order valence-electron chi connectivity index (χ3n) is 5.61. The second-order valence-electron chi connectivity index (χ2n) is 7.39. The summed E-state index contributed by atoms with van der Waals surface area (Å²) in [6.07, 6.45) is 3.70. The van der Waals surface area contributed by atoms with Gasteiger partial charge in [0.25, 0.3) is 0 Å². The number of piperidine rings is 1. The van der Waals surface area contributed by atoms with Crippen LogP contribution in [0.2, 0.25) is 0 Å². The maximum atomic E-state index is 13.1. The summed E-state index contributed by atoms with van der Waals surface area (Å²) in [7, 11) is -1.77. The number of ether oxygens (including phenoxy) is 1. The smallest absolute Gasteiger partial charge is 0.245 e. The summed E-state index contributed by atoms with van der Waals surface area (Å²) in [6, 6.07) is 8.74.